The number of hydrogen-bond donors (Lipinski definition) is 1. The first kappa shape index (κ1) is 14.0. The highest BCUT2D eigenvalue weighted by Gasteiger charge is 2.18. The molecule has 18 heavy (non-hydrogen) atoms. The van der Waals surface area contributed by atoms with Crippen molar-refractivity contribution in [3.63, 3.8) is 0 Å². The quantitative estimate of drug-likeness (QED) is 0.892. The third-order valence-electron chi connectivity index (χ3n) is 3.50. The predicted molar refractivity (Wildman–Crippen MR) is 74.1 cm³/mol. The van der Waals surface area contributed by atoms with Gasteiger partial charge in [-0.25, -0.2) is 4.39 Å². The van der Waals surface area contributed by atoms with Crippen molar-refractivity contribution in [2.45, 2.75) is 37.8 Å². The molecule has 100 valence electrons. The fourth-order valence-corrected chi connectivity index (χ4v) is 2.68. The Morgan fingerprint density at radius 1 is 1.56 bits per heavy atom. The molecule has 0 saturated carbocycles. The van der Waals surface area contributed by atoms with E-state index in [4.69, 9.17) is 4.74 Å². The number of hydrogen-bond acceptors (Lipinski definition) is 2. The van der Waals surface area contributed by atoms with Gasteiger partial charge in [-0.15, -0.1) is 0 Å². The van der Waals surface area contributed by atoms with Gasteiger partial charge in [-0.3, -0.25) is 0 Å². The lowest BCUT2D eigenvalue weighted by atomic mass is 9.99. The maximum Gasteiger partial charge on any atom is 0.137 e. The fourth-order valence-electron chi connectivity index (χ4n) is 2.43. The van der Waals surface area contributed by atoms with E-state index >= 15 is 0 Å². The molecule has 1 aromatic rings. The Balaban J connectivity index is 1.96. The van der Waals surface area contributed by atoms with Gasteiger partial charge in [0.05, 0.1) is 10.6 Å². The van der Waals surface area contributed by atoms with Crippen LogP contribution in [0.25, 0.3) is 0 Å². The minimum absolute atomic E-state index is 0.191. The Hall–Kier alpha value is -0.450. The van der Waals surface area contributed by atoms with Crippen molar-refractivity contribution in [2.24, 2.45) is 0 Å². The van der Waals surface area contributed by atoms with E-state index in [1.165, 1.54) is 6.42 Å². The summed E-state index contributed by atoms with van der Waals surface area (Å²) in [7, 11) is 1.92. The minimum atomic E-state index is -0.204. The maximum absolute atomic E-state index is 13.5. The molecule has 1 heterocycles. The van der Waals surface area contributed by atoms with Gasteiger partial charge in [0.15, 0.2) is 0 Å². The summed E-state index contributed by atoms with van der Waals surface area (Å²) in [6.07, 6.45) is 4.72. The normalized spacial score (nSPS) is 21.2. The Labute approximate surface area is 116 Å². The molecule has 1 fully saturated rings. The van der Waals surface area contributed by atoms with Crippen molar-refractivity contribution in [3.8, 4) is 0 Å². The lowest BCUT2D eigenvalue weighted by Crippen LogP contribution is -2.19. The van der Waals surface area contributed by atoms with E-state index in [9.17, 15) is 4.39 Å². The van der Waals surface area contributed by atoms with Gasteiger partial charge in [0.2, 0.25) is 0 Å². The number of rotatable bonds is 5. The molecule has 2 unspecified atom stereocenters. The van der Waals surface area contributed by atoms with Gasteiger partial charge in [0.1, 0.15) is 5.82 Å². The summed E-state index contributed by atoms with van der Waals surface area (Å²) in [5.41, 5.74) is 0.996. The van der Waals surface area contributed by atoms with Crippen LogP contribution in [-0.4, -0.2) is 19.8 Å². The van der Waals surface area contributed by atoms with Gasteiger partial charge >= 0.3 is 0 Å². The summed E-state index contributed by atoms with van der Waals surface area (Å²) in [6, 6.07) is 5.52. The fraction of sp³-hybridized carbons (Fsp3) is 0.571. The Morgan fingerprint density at radius 2 is 2.39 bits per heavy atom. The predicted octanol–water partition coefficient (Wildman–Crippen LogP) is 3.81. The Bertz CT molecular complexity index is 393. The Kier molecular flexibility index (Phi) is 5.15. The van der Waals surface area contributed by atoms with Crippen LogP contribution in [-0.2, 0) is 4.74 Å². The lowest BCUT2D eigenvalue weighted by molar-refractivity contribution is 0.0998. The lowest BCUT2D eigenvalue weighted by Gasteiger charge is -2.19. The van der Waals surface area contributed by atoms with Crippen molar-refractivity contribution in [2.75, 3.05) is 13.7 Å². The second kappa shape index (κ2) is 6.64. The molecule has 1 aromatic carbocycles. The first-order chi connectivity index (χ1) is 8.70. The second-order valence-electron chi connectivity index (χ2n) is 4.73. The summed E-state index contributed by atoms with van der Waals surface area (Å²) >= 11 is 3.18. The smallest absolute Gasteiger partial charge is 0.137 e. The van der Waals surface area contributed by atoms with E-state index in [2.05, 4.69) is 21.2 Å². The molecular formula is C14H19BrFNO. The van der Waals surface area contributed by atoms with Gasteiger partial charge in [-0.1, -0.05) is 6.07 Å². The number of nitrogens with one attached hydrogen (secondary N) is 1. The monoisotopic (exact) mass is 315 g/mol. The van der Waals surface area contributed by atoms with Crippen LogP contribution in [0.2, 0.25) is 0 Å². The highest BCUT2D eigenvalue weighted by Crippen LogP contribution is 2.26. The van der Waals surface area contributed by atoms with Gasteiger partial charge in [-0.2, -0.15) is 0 Å². The summed E-state index contributed by atoms with van der Waals surface area (Å²) < 4.78 is 19.6. The van der Waals surface area contributed by atoms with E-state index in [1.807, 2.05) is 13.1 Å². The first-order valence-corrected chi connectivity index (χ1v) is 7.24. The third kappa shape index (κ3) is 3.53. The molecule has 1 N–H and O–H groups in total. The molecule has 0 radical (unpaired) electrons. The molecule has 0 aromatic heterocycles. The van der Waals surface area contributed by atoms with Crippen LogP contribution in [0.5, 0.6) is 0 Å². The molecule has 0 spiro atoms. The van der Waals surface area contributed by atoms with Crippen molar-refractivity contribution >= 4 is 15.9 Å². The summed E-state index contributed by atoms with van der Waals surface area (Å²) in [6.45, 7) is 0.891. The zero-order valence-electron chi connectivity index (χ0n) is 10.6. The number of benzene rings is 1. The summed E-state index contributed by atoms with van der Waals surface area (Å²) in [4.78, 5) is 0. The molecule has 4 heteroatoms. The molecule has 0 amide bonds. The van der Waals surface area contributed by atoms with E-state index in [-0.39, 0.29) is 11.9 Å². The van der Waals surface area contributed by atoms with Crippen LogP contribution < -0.4 is 5.32 Å². The van der Waals surface area contributed by atoms with Crippen molar-refractivity contribution in [3.05, 3.63) is 34.1 Å². The second-order valence-corrected chi connectivity index (χ2v) is 5.58. The molecule has 0 bridgehead atoms. The van der Waals surface area contributed by atoms with Gasteiger partial charge in [-0.05, 0) is 66.4 Å². The molecule has 1 aliphatic rings. The molecule has 1 saturated heterocycles. The topological polar surface area (TPSA) is 21.3 Å². The maximum atomic E-state index is 13.5. The largest absolute Gasteiger partial charge is 0.378 e. The molecule has 2 rings (SSSR count). The van der Waals surface area contributed by atoms with Crippen LogP contribution in [0.1, 0.15) is 37.3 Å². The standard InChI is InChI=1S/C14H19BrFNO/c1-17-14(7-5-11-3-2-8-18-11)10-4-6-12(15)13(16)9-10/h4,6,9,11,14,17H,2-3,5,7-8H2,1H3. The number of halogens is 2. The average Bonchev–Trinajstić information content (AvgIpc) is 2.87. The van der Waals surface area contributed by atoms with Gasteiger partial charge < -0.3 is 10.1 Å². The number of ether oxygens (including phenoxy) is 1. The van der Waals surface area contributed by atoms with Crippen LogP contribution in [0.4, 0.5) is 4.39 Å². The first-order valence-electron chi connectivity index (χ1n) is 6.44. The van der Waals surface area contributed by atoms with Gasteiger partial charge in [0.25, 0.3) is 0 Å². The van der Waals surface area contributed by atoms with Crippen molar-refractivity contribution < 1.29 is 9.13 Å². The van der Waals surface area contributed by atoms with Crippen LogP contribution >= 0.6 is 15.9 Å². The molecule has 2 nitrogen and oxygen atoms in total. The summed E-state index contributed by atoms with van der Waals surface area (Å²) in [5.74, 6) is -0.204. The molecule has 1 aliphatic heterocycles. The zero-order chi connectivity index (χ0) is 13.0. The molecular weight excluding hydrogens is 297 g/mol. The van der Waals surface area contributed by atoms with Crippen molar-refractivity contribution in [1.82, 2.24) is 5.32 Å². The minimum Gasteiger partial charge on any atom is -0.378 e. The Morgan fingerprint density at radius 3 is 3.00 bits per heavy atom. The van der Waals surface area contributed by atoms with E-state index in [0.29, 0.717) is 10.6 Å². The molecule has 0 aliphatic carbocycles. The van der Waals surface area contributed by atoms with Gasteiger partial charge in [0, 0.05) is 12.6 Å². The van der Waals surface area contributed by atoms with E-state index in [0.717, 1.165) is 31.4 Å². The SMILES string of the molecule is CNC(CCC1CCCO1)c1ccc(Br)c(F)c1. The van der Waals surface area contributed by atoms with Crippen LogP contribution in [0.15, 0.2) is 22.7 Å². The molecule has 2 atom stereocenters. The van der Waals surface area contributed by atoms with Crippen LogP contribution in [0, 0.1) is 5.82 Å². The zero-order valence-corrected chi connectivity index (χ0v) is 12.2. The van der Waals surface area contributed by atoms with E-state index < -0.39 is 0 Å². The van der Waals surface area contributed by atoms with Crippen molar-refractivity contribution in [1.29, 1.82) is 0 Å². The van der Waals surface area contributed by atoms with Crippen LogP contribution in [0.3, 0.4) is 0 Å². The third-order valence-corrected chi connectivity index (χ3v) is 4.14. The highest BCUT2D eigenvalue weighted by atomic mass is 79.9. The van der Waals surface area contributed by atoms with E-state index in [1.54, 1.807) is 12.1 Å². The summed E-state index contributed by atoms with van der Waals surface area (Å²) in [5, 5.41) is 3.25. The highest BCUT2D eigenvalue weighted by molar-refractivity contribution is 9.10. The average molecular weight is 316 g/mol.